The zero-order valence-electron chi connectivity index (χ0n) is 12.5. The lowest BCUT2D eigenvalue weighted by atomic mass is 9.89. The quantitative estimate of drug-likeness (QED) is 0.884. The van der Waals surface area contributed by atoms with Gasteiger partial charge in [0.1, 0.15) is 6.61 Å². The van der Waals surface area contributed by atoms with Gasteiger partial charge >= 0.3 is 0 Å². The van der Waals surface area contributed by atoms with Gasteiger partial charge in [0.2, 0.25) is 0 Å². The molecule has 2 aromatic rings. The molecule has 112 valence electrons. The van der Waals surface area contributed by atoms with Gasteiger partial charge in [0.05, 0.1) is 11.8 Å². The van der Waals surface area contributed by atoms with Gasteiger partial charge in [-0.25, -0.2) is 0 Å². The highest BCUT2D eigenvalue weighted by Crippen LogP contribution is 2.32. The van der Waals surface area contributed by atoms with Crippen LogP contribution >= 0.6 is 0 Å². The van der Waals surface area contributed by atoms with E-state index in [2.05, 4.69) is 41.7 Å². The summed E-state index contributed by atoms with van der Waals surface area (Å²) in [6, 6.07) is 10.5. The Balaban J connectivity index is 1.59. The fraction of sp³-hybridized carbons (Fsp3) is 0.471. The number of hydrogen-bond donors (Lipinski definition) is 1. The first-order valence-electron chi connectivity index (χ1n) is 7.71. The molecule has 0 fully saturated rings. The SMILES string of the molecule is CCNCc1cc(COC2CCCc3ccccc32)on1. The second kappa shape index (κ2) is 6.87. The summed E-state index contributed by atoms with van der Waals surface area (Å²) in [5.74, 6) is 0.797. The van der Waals surface area contributed by atoms with Gasteiger partial charge in [-0.15, -0.1) is 0 Å². The third kappa shape index (κ3) is 3.52. The second-order valence-corrected chi connectivity index (χ2v) is 5.46. The fourth-order valence-corrected chi connectivity index (χ4v) is 2.83. The Morgan fingerprint density at radius 2 is 2.29 bits per heavy atom. The van der Waals surface area contributed by atoms with Crippen molar-refractivity contribution in [2.75, 3.05) is 6.54 Å². The molecule has 1 N–H and O–H groups in total. The van der Waals surface area contributed by atoms with Crippen LogP contribution in [0.5, 0.6) is 0 Å². The molecule has 1 heterocycles. The summed E-state index contributed by atoms with van der Waals surface area (Å²) < 4.78 is 11.4. The summed E-state index contributed by atoms with van der Waals surface area (Å²) in [6.45, 7) is 4.23. The van der Waals surface area contributed by atoms with E-state index in [1.54, 1.807) is 0 Å². The van der Waals surface area contributed by atoms with Crippen molar-refractivity contribution in [2.45, 2.75) is 45.4 Å². The van der Waals surface area contributed by atoms with Crippen LogP contribution in [0, 0.1) is 0 Å². The standard InChI is InChI=1S/C17H22N2O2/c1-2-18-11-14-10-15(21-19-14)12-20-17-9-5-7-13-6-3-4-8-16(13)17/h3-4,6,8,10,17-18H,2,5,7,9,11-12H2,1H3. The Bertz CT molecular complexity index is 580. The zero-order valence-corrected chi connectivity index (χ0v) is 12.5. The first kappa shape index (κ1) is 14.3. The van der Waals surface area contributed by atoms with E-state index < -0.39 is 0 Å². The summed E-state index contributed by atoms with van der Waals surface area (Å²) in [5.41, 5.74) is 3.68. The number of aromatic nitrogens is 1. The van der Waals surface area contributed by atoms with Crippen LogP contribution in [0.2, 0.25) is 0 Å². The van der Waals surface area contributed by atoms with Gasteiger partial charge in [0.15, 0.2) is 5.76 Å². The summed E-state index contributed by atoms with van der Waals surface area (Å²) >= 11 is 0. The van der Waals surface area contributed by atoms with Gasteiger partial charge in [-0.05, 0) is 36.9 Å². The normalized spacial score (nSPS) is 17.7. The number of fused-ring (bicyclic) bond motifs is 1. The van der Waals surface area contributed by atoms with Crippen LogP contribution in [0.25, 0.3) is 0 Å². The predicted octanol–water partition coefficient (Wildman–Crippen LogP) is 3.38. The Labute approximate surface area is 125 Å². The maximum atomic E-state index is 6.06. The molecule has 0 aliphatic heterocycles. The molecule has 4 nitrogen and oxygen atoms in total. The van der Waals surface area contributed by atoms with E-state index in [9.17, 15) is 0 Å². The molecule has 0 saturated carbocycles. The van der Waals surface area contributed by atoms with E-state index in [1.807, 2.05) is 6.07 Å². The van der Waals surface area contributed by atoms with Crippen LogP contribution in [0.4, 0.5) is 0 Å². The number of nitrogens with one attached hydrogen (secondary N) is 1. The first-order chi connectivity index (χ1) is 10.4. The molecule has 1 aliphatic carbocycles. The lowest BCUT2D eigenvalue weighted by Crippen LogP contribution is -2.12. The highest BCUT2D eigenvalue weighted by molar-refractivity contribution is 5.31. The number of nitrogens with zero attached hydrogens (tertiary/aromatic N) is 1. The van der Waals surface area contributed by atoms with E-state index in [-0.39, 0.29) is 6.10 Å². The number of aryl methyl sites for hydroxylation is 1. The monoisotopic (exact) mass is 286 g/mol. The summed E-state index contributed by atoms with van der Waals surface area (Å²) in [6.07, 6.45) is 3.60. The Morgan fingerprint density at radius 1 is 1.38 bits per heavy atom. The minimum atomic E-state index is 0.178. The van der Waals surface area contributed by atoms with Gasteiger partial charge in [0, 0.05) is 12.6 Å². The van der Waals surface area contributed by atoms with Crippen molar-refractivity contribution in [2.24, 2.45) is 0 Å². The van der Waals surface area contributed by atoms with E-state index in [1.165, 1.54) is 17.5 Å². The number of benzene rings is 1. The van der Waals surface area contributed by atoms with Gasteiger partial charge in [-0.3, -0.25) is 0 Å². The van der Waals surface area contributed by atoms with Crippen LogP contribution < -0.4 is 5.32 Å². The second-order valence-electron chi connectivity index (χ2n) is 5.46. The molecule has 1 aliphatic rings. The zero-order chi connectivity index (χ0) is 14.5. The molecule has 3 rings (SSSR count). The largest absolute Gasteiger partial charge is 0.365 e. The van der Waals surface area contributed by atoms with Gasteiger partial charge in [0.25, 0.3) is 0 Å². The Morgan fingerprint density at radius 3 is 3.19 bits per heavy atom. The molecule has 0 radical (unpaired) electrons. The lowest BCUT2D eigenvalue weighted by molar-refractivity contribution is 0.0168. The van der Waals surface area contributed by atoms with Crippen molar-refractivity contribution >= 4 is 0 Å². The van der Waals surface area contributed by atoms with Crippen LogP contribution in [-0.4, -0.2) is 11.7 Å². The predicted molar refractivity (Wildman–Crippen MR) is 80.8 cm³/mol. The average molecular weight is 286 g/mol. The van der Waals surface area contributed by atoms with Gasteiger partial charge < -0.3 is 14.6 Å². The maximum Gasteiger partial charge on any atom is 0.162 e. The van der Waals surface area contributed by atoms with E-state index in [0.717, 1.165) is 37.4 Å². The molecule has 1 aromatic carbocycles. The van der Waals surface area contributed by atoms with Crippen LogP contribution in [0.15, 0.2) is 34.9 Å². The summed E-state index contributed by atoms with van der Waals surface area (Å²) in [4.78, 5) is 0. The smallest absolute Gasteiger partial charge is 0.162 e. The minimum Gasteiger partial charge on any atom is -0.365 e. The Hall–Kier alpha value is -1.65. The molecule has 0 bridgehead atoms. The van der Waals surface area contributed by atoms with E-state index in [0.29, 0.717) is 6.61 Å². The highest BCUT2D eigenvalue weighted by atomic mass is 16.5. The third-order valence-electron chi connectivity index (χ3n) is 3.91. The van der Waals surface area contributed by atoms with Crippen molar-refractivity contribution in [1.82, 2.24) is 10.5 Å². The van der Waals surface area contributed by atoms with Crippen LogP contribution in [0.3, 0.4) is 0 Å². The molecule has 0 amide bonds. The highest BCUT2D eigenvalue weighted by Gasteiger charge is 2.20. The van der Waals surface area contributed by atoms with E-state index >= 15 is 0 Å². The van der Waals surface area contributed by atoms with Crippen molar-refractivity contribution < 1.29 is 9.26 Å². The molecule has 0 spiro atoms. The number of hydrogen-bond acceptors (Lipinski definition) is 4. The van der Waals surface area contributed by atoms with Crippen LogP contribution in [0.1, 0.15) is 48.5 Å². The summed E-state index contributed by atoms with van der Waals surface area (Å²) in [5, 5.41) is 7.28. The Kier molecular flexibility index (Phi) is 4.68. The molecule has 0 saturated heterocycles. The maximum absolute atomic E-state index is 6.06. The first-order valence-corrected chi connectivity index (χ1v) is 7.71. The molecular weight excluding hydrogens is 264 g/mol. The van der Waals surface area contributed by atoms with Gasteiger partial charge in [-0.1, -0.05) is 36.3 Å². The third-order valence-corrected chi connectivity index (χ3v) is 3.91. The molecule has 1 unspecified atom stereocenters. The number of ether oxygens (including phenoxy) is 1. The molecular formula is C17H22N2O2. The van der Waals surface area contributed by atoms with Crippen molar-refractivity contribution in [1.29, 1.82) is 0 Å². The molecule has 21 heavy (non-hydrogen) atoms. The van der Waals surface area contributed by atoms with Gasteiger partial charge in [-0.2, -0.15) is 0 Å². The molecule has 1 aromatic heterocycles. The van der Waals surface area contributed by atoms with Crippen LogP contribution in [-0.2, 0) is 24.3 Å². The molecule has 4 heteroatoms. The minimum absolute atomic E-state index is 0.178. The van der Waals surface area contributed by atoms with Crippen molar-refractivity contribution in [3.8, 4) is 0 Å². The topological polar surface area (TPSA) is 47.3 Å². The van der Waals surface area contributed by atoms with Crippen molar-refractivity contribution in [3.05, 3.63) is 52.9 Å². The van der Waals surface area contributed by atoms with Crippen molar-refractivity contribution in [3.63, 3.8) is 0 Å². The average Bonchev–Trinajstić information content (AvgIpc) is 2.99. The molecule has 1 atom stereocenters. The summed E-state index contributed by atoms with van der Waals surface area (Å²) in [7, 11) is 0. The lowest BCUT2D eigenvalue weighted by Gasteiger charge is -2.25. The number of rotatable bonds is 6. The fourth-order valence-electron chi connectivity index (χ4n) is 2.83. The van der Waals surface area contributed by atoms with E-state index in [4.69, 9.17) is 9.26 Å².